The maximum Gasteiger partial charge on any atom is 0.157 e. The third-order valence-corrected chi connectivity index (χ3v) is 6.79. The number of aromatic nitrogens is 2. The van der Waals surface area contributed by atoms with Gasteiger partial charge in [-0.1, -0.05) is 24.3 Å². The minimum Gasteiger partial charge on any atom is -0.378 e. The molecule has 1 spiro atoms. The molecule has 0 radical (unpaired) electrons. The second-order valence-electron chi connectivity index (χ2n) is 8.88. The van der Waals surface area contributed by atoms with Crippen LogP contribution in [0.2, 0.25) is 0 Å². The number of nitrogens with one attached hydrogen (secondary N) is 1. The number of nitrogens with zero attached hydrogens (tertiary/aromatic N) is 3. The fourth-order valence-electron chi connectivity index (χ4n) is 4.79. The predicted octanol–water partition coefficient (Wildman–Crippen LogP) is 4.42. The Morgan fingerprint density at radius 1 is 1.16 bits per heavy atom. The molecule has 2 aliphatic heterocycles. The number of aryl methyl sites for hydroxylation is 1. The summed E-state index contributed by atoms with van der Waals surface area (Å²) in [5.74, 6) is 0.819. The van der Waals surface area contributed by atoms with Crippen molar-refractivity contribution in [2.75, 3.05) is 43.1 Å². The lowest BCUT2D eigenvalue weighted by atomic mass is 9.98. The van der Waals surface area contributed by atoms with Crippen LogP contribution in [0.1, 0.15) is 36.1 Å². The first-order valence-corrected chi connectivity index (χ1v) is 11.1. The average Bonchev–Trinajstić information content (AvgIpc) is 3.23. The Kier molecular flexibility index (Phi) is 5.28. The summed E-state index contributed by atoms with van der Waals surface area (Å²) >= 11 is 0. The molecule has 5 rings (SSSR count). The molecule has 3 heterocycles. The Hall–Kier alpha value is -2.70. The third-order valence-electron chi connectivity index (χ3n) is 6.79. The van der Waals surface area contributed by atoms with Crippen LogP contribution in [0.15, 0.2) is 42.6 Å². The molecule has 0 bridgehead atoms. The molecule has 2 saturated heterocycles. The highest BCUT2D eigenvalue weighted by Crippen LogP contribution is 2.33. The van der Waals surface area contributed by atoms with Crippen LogP contribution in [0, 0.1) is 13.8 Å². The fourth-order valence-corrected chi connectivity index (χ4v) is 4.79. The minimum atomic E-state index is -0.165. The molecule has 1 aromatic heterocycles. The van der Waals surface area contributed by atoms with Crippen molar-refractivity contribution < 1.29 is 9.47 Å². The molecule has 0 amide bonds. The summed E-state index contributed by atoms with van der Waals surface area (Å²) < 4.78 is 11.7. The first kappa shape index (κ1) is 20.2. The van der Waals surface area contributed by atoms with E-state index in [0.29, 0.717) is 6.61 Å². The number of anilines is 2. The van der Waals surface area contributed by atoms with E-state index in [-0.39, 0.29) is 11.6 Å². The number of rotatable bonds is 4. The molecular formula is C25H30N4O2. The smallest absolute Gasteiger partial charge is 0.157 e. The van der Waals surface area contributed by atoms with Gasteiger partial charge in [0.2, 0.25) is 0 Å². The van der Waals surface area contributed by atoms with Crippen LogP contribution in [0.5, 0.6) is 0 Å². The van der Waals surface area contributed by atoms with Gasteiger partial charge in [-0.25, -0.2) is 0 Å². The Morgan fingerprint density at radius 2 is 2.06 bits per heavy atom. The molecule has 3 aromatic rings. The van der Waals surface area contributed by atoms with Gasteiger partial charge in [-0.2, -0.15) is 5.10 Å². The number of hydrogen-bond donors (Lipinski definition) is 1. The van der Waals surface area contributed by atoms with Gasteiger partial charge in [0.05, 0.1) is 25.5 Å². The molecule has 0 aliphatic carbocycles. The van der Waals surface area contributed by atoms with Crippen molar-refractivity contribution in [3.8, 4) is 0 Å². The van der Waals surface area contributed by atoms with E-state index in [4.69, 9.17) is 9.47 Å². The summed E-state index contributed by atoms with van der Waals surface area (Å²) in [5, 5.41) is 14.5. The highest BCUT2D eigenvalue weighted by Gasteiger charge is 2.40. The van der Waals surface area contributed by atoms with Gasteiger partial charge in [0, 0.05) is 42.6 Å². The molecule has 2 aliphatic rings. The van der Waals surface area contributed by atoms with Crippen molar-refractivity contribution in [1.82, 2.24) is 10.2 Å². The Labute approximate surface area is 183 Å². The summed E-state index contributed by atoms with van der Waals surface area (Å²) in [6, 6.07) is 13.1. The zero-order chi connectivity index (χ0) is 21.4. The van der Waals surface area contributed by atoms with Crippen LogP contribution < -0.4 is 10.2 Å². The van der Waals surface area contributed by atoms with Gasteiger partial charge < -0.3 is 19.7 Å². The van der Waals surface area contributed by atoms with Crippen LogP contribution in [0.4, 0.5) is 11.5 Å². The largest absolute Gasteiger partial charge is 0.378 e. The van der Waals surface area contributed by atoms with E-state index < -0.39 is 0 Å². The van der Waals surface area contributed by atoms with E-state index in [0.717, 1.165) is 49.3 Å². The molecule has 2 fully saturated rings. The molecule has 2 aromatic carbocycles. The van der Waals surface area contributed by atoms with Gasteiger partial charge in [-0.05, 0) is 49.6 Å². The van der Waals surface area contributed by atoms with Crippen molar-refractivity contribution in [3.63, 3.8) is 0 Å². The second-order valence-corrected chi connectivity index (χ2v) is 8.88. The van der Waals surface area contributed by atoms with Crippen molar-refractivity contribution in [2.24, 2.45) is 0 Å². The summed E-state index contributed by atoms with van der Waals surface area (Å²) in [4.78, 5) is 2.41. The van der Waals surface area contributed by atoms with Gasteiger partial charge >= 0.3 is 0 Å². The first-order chi connectivity index (χ1) is 15.0. The van der Waals surface area contributed by atoms with Gasteiger partial charge in [0.25, 0.3) is 0 Å². The summed E-state index contributed by atoms with van der Waals surface area (Å²) in [7, 11) is 0. The fraction of sp³-hybridized carbons (Fsp3) is 0.440. The van der Waals surface area contributed by atoms with Crippen molar-refractivity contribution in [1.29, 1.82) is 0 Å². The molecule has 6 heteroatoms. The Morgan fingerprint density at radius 3 is 2.90 bits per heavy atom. The molecule has 0 saturated carbocycles. The topological polar surface area (TPSA) is 59.5 Å². The zero-order valence-corrected chi connectivity index (χ0v) is 18.5. The number of benzene rings is 2. The van der Waals surface area contributed by atoms with E-state index in [9.17, 15) is 0 Å². The monoisotopic (exact) mass is 418 g/mol. The lowest BCUT2D eigenvalue weighted by molar-refractivity contribution is -0.0579. The standard InChI is InChI=1S/C25H30N4O2/c1-17-5-4-6-22(18(17)2)19(3)27-24-23-13-21(8-7-20(23)14-26-28-24)29-10-12-31-25(15-29)9-11-30-16-25/h4-8,13-14,19H,9-12,15-16H2,1-3H3,(H,27,28)/t19-,25?/m1/s1. The van der Waals surface area contributed by atoms with Gasteiger partial charge in [-0.15, -0.1) is 5.10 Å². The normalized spacial score (nSPS) is 22.2. The molecule has 2 atom stereocenters. The van der Waals surface area contributed by atoms with E-state index in [1.54, 1.807) is 0 Å². The summed E-state index contributed by atoms with van der Waals surface area (Å²) in [6.45, 7) is 10.4. The SMILES string of the molecule is Cc1cccc([C@@H](C)Nc2nncc3ccc(N4CCOC5(CCOC5)C4)cc23)c1C. The summed E-state index contributed by atoms with van der Waals surface area (Å²) in [6.07, 6.45) is 2.79. The first-order valence-electron chi connectivity index (χ1n) is 11.1. The summed E-state index contributed by atoms with van der Waals surface area (Å²) in [5.41, 5.74) is 4.93. The molecule has 1 N–H and O–H groups in total. The number of fused-ring (bicyclic) bond motifs is 1. The van der Waals surface area contributed by atoms with E-state index in [1.165, 1.54) is 22.4 Å². The molecule has 1 unspecified atom stereocenters. The van der Waals surface area contributed by atoms with Crippen LogP contribution in [-0.2, 0) is 9.47 Å². The van der Waals surface area contributed by atoms with Crippen molar-refractivity contribution in [2.45, 2.75) is 38.8 Å². The van der Waals surface area contributed by atoms with Gasteiger partial charge in [0.15, 0.2) is 5.82 Å². The van der Waals surface area contributed by atoms with E-state index in [2.05, 4.69) is 77.6 Å². The van der Waals surface area contributed by atoms with Crippen LogP contribution >= 0.6 is 0 Å². The Balaban J connectivity index is 1.45. The molecule has 31 heavy (non-hydrogen) atoms. The number of ether oxygens (including phenoxy) is 2. The maximum atomic E-state index is 6.11. The zero-order valence-electron chi connectivity index (χ0n) is 18.5. The lowest BCUT2D eigenvalue weighted by Gasteiger charge is -2.40. The maximum absolute atomic E-state index is 6.11. The highest BCUT2D eigenvalue weighted by atomic mass is 16.6. The van der Waals surface area contributed by atoms with Crippen LogP contribution in [0.25, 0.3) is 10.8 Å². The van der Waals surface area contributed by atoms with Gasteiger partial charge in [0.1, 0.15) is 5.60 Å². The van der Waals surface area contributed by atoms with Crippen LogP contribution in [-0.4, -0.2) is 48.7 Å². The number of morpholine rings is 1. The van der Waals surface area contributed by atoms with Crippen LogP contribution in [0.3, 0.4) is 0 Å². The number of hydrogen-bond acceptors (Lipinski definition) is 6. The van der Waals surface area contributed by atoms with E-state index in [1.807, 2.05) is 6.20 Å². The third kappa shape index (κ3) is 3.86. The van der Waals surface area contributed by atoms with E-state index >= 15 is 0 Å². The second kappa shape index (κ2) is 8.09. The lowest BCUT2D eigenvalue weighted by Crippen LogP contribution is -2.52. The molecule has 162 valence electrons. The average molecular weight is 419 g/mol. The van der Waals surface area contributed by atoms with Crippen molar-refractivity contribution >= 4 is 22.3 Å². The minimum absolute atomic E-state index is 0.130. The predicted molar refractivity (Wildman–Crippen MR) is 124 cm³/mol. The van der Waals surface area contributed by atoms with Crippen molar-refractivity contribution in [3.05, 3.63) is 59.3 Å². The van der Waals surface area contributed by atoms with Gasteiger partial charge in [-0.3, -0.25) is 0 Å². The molecular weight excluding hydrogens is 388 g/mol. The molecule has 6 nitrogen and oxygen atoms in total. The quantitative estimate of drug-likeness (QED) is 0.677. The highest BCUT2D eigenvalue weighted by molar-refractivity contribution is 5.93. The Bertz CT molecular complexity index is 1090.